The molecule has 0 saturated heterocycles. The highest BCUT2D eigenvalue weighted by Crippen LogP contribution is 2.20. The third-order valence-electron chi connectivity index (χ3n) is 2.29. The Labute approximate surface area is 97.3 Å². The van der Waals surface area contributed by atoms with Gasteiger partial charge in [0.1, 0.15) is 18.1 Å². The number of benzene rings is 1. The first-order chi connectivity index (χ1) is 8.19. The van der Waals surface area contributed by atoms with Crippen molar-refractivity contribution in [2.45, 2.75) is 13.2 Å². The van der Waals surface area contributed by atoms with E-state index in [1.807, 2.05) is 0 Å². The molecule has 0 saturated carbocycles. The molecule has 0 aliphatic rings. The fourth-order valence-corrected chi connectivity index (χ4v) is 1.41. The zero-order valence-corrected chi connectivity index (χ0v) is 8.98. The molecule has 90 valence electrons. The van der Waals surface area contributed by atoms with Gasteiger partial charge in [-0.25, -0.2) is 4.39 Å². The second-order valence-corrected chi connectivity index (χ2v) is 3.55. The number of nitrogens with one attached hydrogen (secondary N) is 1. The zero-order chi connectivity index (χ0) is 12.3. The Morgan fingerprint density at radius 1 is 1.18 bits per heavy atom. The molecule has 3 N–H and O–H groups in total. The highest BCUT2D eigenvalue weighted by molar-refractivity contribution is 5.46. The van der Waals surface area contributed by atoms with E-state index < -0.39 is 5.82 Å². The quantitative estimate of drug-likeness (QED) is 0.713. The minimum atomic E-state index is -0.675. The summed E-state index contributed by atoms with van der Waals surface area (Å²) < 4.78 is 18.3. The molecule has 1 aromatic heterocycles. The Kier molecular flexibility index (Phi) is 3.30. The van der Waals surface area contributed by atoms with Gasteiger partial charge in [0.05, 0.1) is 6.54 Å². The van der Waals surface area contributed by atoms with Gasteiger partial charge >= 0.3 is 0 Å². The number of aliphatic hydroxyl groups excluding tert-OH is 1. The zero-order valence-electron chi connectivity index (χ0n) is 8.98. The summed E-state index contributed by atoms with van der Waals surface area (Å²) in [5.41, 5.74) is 0.544. The molecule has 0 atom stereocenters. The lowest BCUT2D eigenvalue weighted by molar-refractivity contribution is 0.244. The van der Waals surface area contributed by atoms with E-state index in [4.69, 9.17) is 14.6 Å². The Morgan fingerprint density at radius 3 is 2.59 bits per heavy atom. The summed E-state index contributed by atoms with van der Waals surface area (Å²) in [7, 11) is 0. The summed E-state index contributed by atoms with van der Waals surface area (Å²) in [5.74, 6) is 0.0721. The highest BCUT2D eigenvalue weighted by Gasteiger charge is 2.03. The minimum absolute atomic E-state index is 0.145. The maximum Gasteiger partial charge on any atom is 0.166 e. The molecule has 0 radical (unpaired) electrons. The molecule has 2 aromatic rings. The van der Waals surface area contributed by atoms with E-state index >= 15 is 0 Å². The van der Waals surface area contributed by atoms with Crippen LogP contribution in [0.25, 0.3) is 0 Å². The second kappa shape index (κ2) is 4.88. The third kappa shape index (κ3) is 2.76. The molecule has 0 aliphatic carbocycles. The molecule has 0 unspecified atom stereocenters. The summed E-state index contributed by atoms with van der Waals surface area (Å²) in [6.45, 7) is 0.234. The summed E-state index contributed by atoms with van der Waals surface area (Å²) >= 11 is 0. The molecular formula is C12H12FNO3. The molecule has 0 spiro atoms. The lowest BCUT2D eigenvalue weighted by Gasteiger charge is -2.05. The van der Waals surface area contributed by atoms with Crippen LogP contribution >= 0.6 is 0 Å². The second-order valence-electron chi connectivity index (χ2n) is 3.55. The normalized spacial score (nSPS) is 10.5. The van der Waals surface area contributed by atoms with Crippen LogP contribution in [0.5, 0.6) is 5.75 Å². The van der Waals surface area contributed by atoms with Crippen LogP contribution < -0.4 is 5.32 Å². The Bertz CT molecular complexity index is 510. The van der Waals surface area contributed by atoms with Crippen LogP contribution in [0.3, 0.4) is 0 Å². The number of hydrogen-bond acceptors (Lipinski definition) is 4. The van der Waals surface area contributed by atoms with Gasteiger partial charge in [0.15, 0.2) is 11.6 Å². The predicted octanol–water partition coefficient (Wildman–Crippen LogP) is 2.23. The lowest BCUT2D eigenvalue weighted by atomic mass is 10.3. The number of aliphatic hydroxyl groups is 1. The number of anilines is 1. The van der Waals surface area contributed by atoms with E-state index in [-0.39, 0.29) is 12.4 Å². The molecule has 5 heteroatoms. The number of aromatic hydroxyl groups is 1. The molecular weight excluding hydrogens is 225 g/mol. The number of phenols is 1. The number of hydrogen-bond donors (Lipinski definition) is 3. The van der Waals surface area contributed by atoms with E-state index in [9.17, 15) is 4.39 Å². The SMILES string of the molecule is OCc1ccc(CNc2ccc(O)c(F)c2)o1. The van der Waals surface area contributed by atoms with Gasteiger partial charge in [-0.3, -0.25) is 0 Å². The van der Waals surface area contributed by atoms with Gasteiger partial charge < -0.3 is 19.9 Å². The number of furan rings is 1. The van der Waals surface area contributed by atoms with Crippen molar-refractivity contribution in [1.82, 2.24) is 0 Å². The van der Waals surface area contributed by atoms with Crippen molar-refractivity contribution in [3.8, 4) is 5.75 Å². The molecule has 0 bridgehead atoms. The molecule has 2 rings (SSSR count). The number of halogens is 1. The standard InChI is InChI=1S/C12H12FNO3/c13-11-5-8(1-4-12(11)16)14-6-9-2-3-10(7-15)17-9/h1-5,14-16H,6-7H2. The maximum atomic E-state index is 13.0. The molecule has 0 fully saturated rings. The molecule has 17 heavy (non-hydrogen) atoms. The molecule has 1 aromatic carbocycles. The van der Waals surface area contributed by atoms with Crippen LogP contribution in [0.4, 0.5) is 10.1 Å². The topological polar surface area (TPSA) is 65.6 Å². The van der Waals surface area contributed by atoms with Crippen LogP contribution in [0.15, 0.2) is 34.7 Å². The fourth-order valence-electron chi connectivity index (χ4n) is 1.41. The first-order valence-electron chi connectivity index (χ1n) is 5.10. The Hall–Kier alpha value is -2.01. The first-order valence-corrected chi connectivity index (χ1v) is 5.10. The Balaban J connectivity index is 1.99. The van der Waals surface area contributed by atoms with Crippen molar-refractivity contribution >= 4 is 5.69 Å². The lowest BCUT2D eigenvalue weighted by Crippen LogP contribution is -1.98. The summed E-state index contributed by atoms with van der Waals surface area (Å²) in [6, 6.07) is 7.45. The van der Waals surface area contributed by atoms with Crippen molar-refractivity contribution in [2.75, 3.05) is 5.32 Å². The number of rotatable bonds is 4. The van der Waals surface area contributed by atoms with Crippen molar-refractivity contribution < 1.29 is 19.0 Å². The minimum Gasteiger partial charge on any atom is -0.505 e. The van der Waals surface area contributed by atoms with E-state index in [2.05, 4.69) is 5.32 Å². The average Bonchev–Trinajstić information content (AvgIpc) is 2.79. The van der Waals surface area contributed by atoms with Gasteiger partial charge in [-0.2, -0.15) is 0 Å². The van der Waals surface area contributed by atoms with Gasteiger partial charge in [-0.15, -0.1) is 0 Å². The maximum absolute atomic E-state index is 13.0. The highest BCUT2D eigenvalue weighted by atomic mass is 19.1. The molecule has 0 aliphatic heterocycles. The van der Waals surface area contributed by atoms with E-state index in [0.717, 1.165) is 0 Å². The predicted molar refractivity (Wildman–Crippen MR) is 60.0 cm³/mol. The van der Waals surface area contributed by atoms with Crippen molar-refractivity contribution in [3.05, 3.63) is 47.7 Å². The average molecular weight is 237 g/mol. The van der Waals surface area contributed by atoms with Crippen molar-refractivity contribution in [2.24, 2.45) is 0 Å². The van der Waals surface area contributed by atoms with Crippen LogP contribution in [0.2, 0.25) is 0 Å². The fraction of sp³-hybridized carbons (Fsp3) is 0.167. The van der Waals surface area contributed by atoms with Crippen LogP contribution in [0, 0.1) is 5.82 Å². The Morgan fingerprint density at radius 2 is 1.94 bits per heavy atom. The smallest absolute Gasteiger partial charge is 0.166 e. The number of phenolic OH excluding ortho intramolecular Hbond substituents is 1. The summed E-state index contributed by atoms with van der Waals surface area (Å²) in [6.07, 6.45) is 0. The van der Waals surface area contributed by atoms with E-state index in [1.54, 1.807) is 18.2 Å². The monoisotopic (exact) mass is 237 g/mol. The van der Waals surface area contributed by atoms with Crippen LogP contribution in [-0.2, 0) is 13.2 Å². The van der Waals surface area contributed by atoms with Crippen molar-refractivity contribution in [1.29, 1.82) is 0 Å². The van der Waals surface area contributed by atoms with Crippen molar-refractivity contribution in [3.63, 3.8) is 0 Å². The van der Waals surface area contributed by atoms with Gasteiger partial charge in [-0.05, 0) is 24.3 Å². The third-order valence-corrected chi connectivity index (χ3v) is 2.29. The molecule has 1 heterocycles. The first kappa shape index (κ1) is 11.5. The summed E-state index contributed by atoms with van der Waals surface area (Å²) in [5, 5.41) is 20.8. The van der Waals surface area contributed by atoms with Gasteiger partial charge in [0.2, 0.25) is 0 Å². The largest absolute Gasteiger partial charge is 0.505 e. The van der Waals surface area contributed by atoms with Gasteiger partial charge in [-0.1, -0.05) is 0 Å². The van der Waals surface area contributed by atoms with Gasteiger partial charge in [0.25, 0.3) is 0 Å². The van der Waals surface area contributed by atoms with Crippen LogP contribution in [-0.4, -0.2) is 10.2 Å². The van der Waals surface area contributed by atoms with Crippen LogP contribution in [0.1, 0.15) is 11.5 Å². The van der Waals surface area contributed by atoms with E-state index in [1.165, 1.54) is 12.1 Å². The molecule has 4 nitrogen and oxygen atoms in total. The van der Waals surface area contributed by atoms with E-state index in [0.29, 0.717) is 23.8 Å². The molecule has 0 amide bonds. The van der Waals surface area contributed by atoms with Gasteiger partial charge in [0, 0.05) is 11.8 Å². The summed E-state index contributed by atoms with van der Waals surface area (Å²) in [4.78, 5) is 0.